The Morgan fingerprint density at radius 1 is 1.23 bits per heavy atom. The first kappa shape index (κ1) is 16.3. The molecule has 0 fully saturated rings. The average molecular weight is 339 g/mol. The zero-order valence-corrected chi connectivity index (χ0v) is 13.3. The summed E-state index contributed by atoms with van der Waals surface area (Å²) in [5.41, 5.74) is 1.25. The molecule has 0 aliphatic heterocycles. The molecular formula is C15H12Cl2N2O3. The fourth-order valence-electron chi connectivity index (χ4n) is 1.86. The highest BCUT2D eigenvalue weighted by Crippen LogP contribution is 2.24. The van der Waals surface area contributed by atoms with Crippen LogP contribution in [0.2, 0.25) is 10.2 Å². The van der Waals surface area contributed by atoms with Crippen molar-refractivity contribution in [1.29, 1.82) is 0 Å². The van der Waals surface area contributed by atoms with Gasteiger partial charge < -0.3 is 10.4 Å². The minimum Gasteiger partial charge on any atom is -0.476 e. The number of amides is 1. The maximum absolute atomic E-state index is 12.4. The molecule has 22 heavy (non-hydrogen) atoms. The number of carboxylic acid groups (broad SMARTS) is 1. The molecule has 0 radical (unpaired) electrons. The smallest absolute Gasteiger partial charge is 0.355 e. The first-order chi connectivity index (χ1) is 10.3. The largest absolute Gasteiger partial charge is 0.476 e. The lowest BCUT2D eigenvalue weighted by atomic mass is 10.1. The van der Waals surface area contributed by atoms with Crippen molar-refractivity contribution in [3.63, 3.8) is 0 Å². The van der Waals surface area contributed by atoms with Gasteiger partial charge in [0.15, 0.2) is 5.69 Å². The van der Waals surface area contributed by atoms with Crippen molar-refractivity contribution in [2.75, 3.05) is 5.32 Å². The molecule has 1 aromatic heterocycles. The average Bonchev–Trinajstić information content (AvgIpc) is 2.46. The predicted octanol–water partition coefficient (Wildman–Crippen LogP) is 3.96. The fraction of sp³-hybridized carbons (Fsp3) is 0.133. The summed E-state index contributed by atoms with van der Waals surface area (Å²) in [6.45, 7) is 3.39. The van der Waals surface area contributed by atoms with Gasteiger partial charge in [-0.1, -0.05) is 29.3 Å². The zero-order valence-electron chi connectivity index (χ0n) is 11.8. The van der Waals surface area contributed by atoms with Crippen LogP contribution in [0.3, 0.4) is 0 Å². The van der Waals surface area contributed by atoms with Crippen molar-refractivity contribution in [1.82, 2.24) is 4.98 Å². The quantitative estimate of drug-likeness (QED) is 0.830. The van der Waals surface area contributed by atoms with E-state index in [-0.39, 0.29) is 10.7 Å². The molecule has 0 spiro atoms. The van der Waals surface area contributed by atoms with E-state index in [2.05, 4.69) is 10.3 Å². The van der Waals surface area contributed by atoms with Gasteiger partial charge >= 0.3 is 5.97 Å². The highest BCUT2D eigenvalue weighted by molar-refractivity contribution is 6.32. The van der Waals surface area contributed by atoms with E-state index in [9.17, 15) is 14.7 Å². The number of pyridine rings is 1. The van der Waals surface area contributed by atoms with Gasteiger partial charge in [-0.2, -0.15) is 0 Å². The maximum Gasteiger partial charge on any atom is 0.355 e. The third-order valence-corrected chi connectivity index (χ3v) is 3.91. The van der Waals surface area contributed by atoms with Crippen LogP contribution >= 0.6 is 23.2 Å². The van der Waals surface area contributed by atoms with Gasteiger partial charge in [-0.05, 0) is 43.2 Å². The highest BCUT2D eigenvalue weighted by atomic mass is 35.5. The minimum absolute atomic E-state index is 0.0490. The van der Waals surface area contributed by atoms with Crippen LogP contribution in [0.5, 0.6) is 0 Å². The summed E-state index contributed by atoms with van der Waals surface area (Å²) in [6, 6.07) is 6.46. The highest BCUT2D eigenvalue weighted by Gasteiger charge is 2.21. The lowest BCUT2D eigenvalue weighted by Gasteiger charge is -2.11. The molecule has 1 heterocycles. The van der Waals surface area contributed by atoms with Gasteiger partial charge in [0.05, 0.1) is 5.56 Å². The van der Waals surface area contributed by atoms with Crippen molar-refractivity contribution >= 4 is 40.8 Å². The van der Waals surface area contributed by atoms with Crippen LogP contribution in [-0.2, 0) is 0 Å². The number of carbonyl (C=O) groups is 2. The van der Waals surface area contributed by atoms with Gasteiger partial charge in [0, 0.05) is 10.7 Å². The Morgan fingerprint density at radius 2 is 1.91 bits per heavy atom. The summed E-state index contributed by atoms with van der Waals surface area (Å²) in [7, 11) is 0. The summed E-state index contributed by atoms with van der Waals surface area (Å²) in [5, 5.41) is 12.4. The summed E-state index contributed by atoms with van der Waals surface area (Å²) in [4.78, 5) is 27.4. The van der Waals surface area contributed by atoms with Crippen LogP contribution in [-0.4, -0.2) is 22.0 Å². The van der Waals surface area contributed by atoms with Crippen LogP contribution in [0.25, 0.3) is 0 Å². The van der Waals surface area contributed by atoms with E-state index < -0.39 is 17.6 Å². The molecule has 1 aromatic carbocycles. The van der Waals surface area contributed by atoms with Gasteiger partial charge in [0.1, 0.15) is 5.15 Å². The van der Waals surface area contributed by atoms with Gasteiger partial charge in [-0.15, -0.1) is 0 Å². The number of aryl methyl sites for hydroxylation is 1. The standard InChI is InChI=1S/C15H12Cl2N2O3/c1-7-6-9(12(15(21)22)19-13(7)17)14(20)18-11-5-3-4-10(16)8(11)2/h3-6H,1-2H3,(H,18,20)(H,21,22). The van der Waals surface area contributed by atoms with Crippen molar-refractivity contribution in [3.05, 3.63) is 56.8 Å². The van der Waals surface area contributed by atoms with E-state index in [4.69, 9.17) is 23.2 Å². The molecule has 0 bridgehead atoms. The molecule has 2 N–H and O–H groups in total. The summed E-state index contributed by atoms with van der Waals surface area (Å²) in [5.74, 6) is -1.91. The number of carboxylic acids is 1. The van der Waals surface area contributed by atoms with Gasteiger partial charge in [0.2, 0.25) is 0 Å². The Morgan fingerprint density at radius 3 is 2.55 bits per heavy atom. The number of anilines is 1. The van der Waals surface area contributed by atoms with Gasteiger partial charge in [-0.25, -0.2) is 9.78 Å². The molecule has 2 rings (SSSR count). The number of hydrogen-bond donors (Lipinski definition) is 2. The fourth-order valence-corrected chi connectivity index (χ4v) is 2.17. The van der Waals surface area contributed by atoms with E-state index in [0.29, 0.717) is 21.8 Å². The van der Waals surface area contributed by atoms with E-state index in [1.165, 1.54) is 6.07 Å². The number of hydrogen-bond acceptors (Lipinski definition) is 3. The number of halogens is 2. The summed E-state index contributed by atoms with van der Waals surface area (Å²) < 4.78 is 0. The Balaban J connectivity index is 2.43. The molecule has 2 aromatic rings. The molecule has 1 amide bonds. The molecule has 0 saturated heterocycles. The monoisotopic (exact) mass is 338 g/mol. The number of rotatable bonds is 3. The number of benzene rings is 1. The SMILES string of the molecule is Cc1cc(C(=O)Nc2cccc(Cl)c2C)c(C(=O)O)nc1Cl. The maximum atomic E-state index is 12.4. The van der Waals surface area contributed by atoms with Crippen LogP contribution in [0, 0.1) is 13.8 Å². The van der Waals surface area contributed by atoms with E-state index in [0.717, 1.165) is 0 Å². The lowest BCUT2D eigenvalue weighted by molar-refractivity contribution is 0.0686. The Bertz CT molecular complexity index is 776. The minimum atomic E-state index is -1.32. The first-order valence-corrected chi connectivity index (χ1v) is 7.03. The first-order valence-electron chi connectivity index (χ1n) is 6.28. The second kappa shape index (κ2) is 6.34. The summed E-state index contributed by atoms with van der Waals surface area (Å²) >= 11 is 11.8. The lowest BCUT2D eigenvalue weighted by Crippen LogP contribution is -2.19. The molecule has 0 aliphatic carbocycles. The van der Waals surface area contributed by atoms with E-state index in [1.807, 2.05) is 0 Å². The molecule has 0 atom stereocenters. The molecule has 114 valence electrons. The van der Waals surface area contributed by atoms with Crippen molar-refractivity contribution in [2.24, 2.45) is 0 Å². The topological polar surface area (TPSA) is 79.3 Å². The Labute approximate surface area is 136 Å². The van der Waals surface area contributed by atoms with Crippen LogP contribution in [0.1, 0.15) is 32.0 Å². The van der Waals surface area contributed by atoms with Crippen molar-refractivity contribution in [2.45, 2.75) is 13.8 Å². The van der Waals surface area contributed by atoms with Crippen LogP contribution < -0.4 is 5.32 Å². The summed E-state index contributed by atoms with van der Waals surface area (Å²) in [6.07, 6.45) is 0. The van der Waals surface area contributed by atoms with Gasteiger partial charge in [0.25, 0.3) is 5.91 Å². The predicted molar refractivity (Wildman–Crippen MR) is 85.1 cm³/mol. The zero-order chi connectivity index (χ0) is 16.4. The number of aromatic carboxylic acids is 1. The third kappa shape index (κ3) is 3.21. The molecule has 0 unspecified atom stereocenters. The normalized spacial score (nSPS) is 10.4. The molecule has 5 nitrogen and oxygen atoms in total. The van der Waals surface area contributed by atoms with E-state index in [1.54, 1.807) is 32.0 Å². The Hall–Kier alpha value is -2.11. The second-order valence-corrected chi connectivity index (χ2v) is 5.43. The number of nitrogens with zero attached hydrogens (tertiary/aromatic N) is 1. The molecule has 7 heteroatoms. The van der Waals surface area contributed by atoms with E-state index >= 15 is 0 Å². The second-order valence-electron chi connectivity index (χ2n) is 4.66. The van der Waals surface area contributed by atoms with Crippen molar-refractivity contribution < 1.29 is 14.7 Å². The van der Waals surface area contributed by atoms with Crippen LogP contribution in [0.15, 0.2) is 24.3 Å². The van der Waals surface area contributed by atoms with Gasteiger partial charge in [-0.3, -0.25) is 4.79 Å². The van der Waals surface area contributed by atoms with Crippen molar-refractivity contribution in [3.8, 4) is 0 Å². The number of nitrogens with one attached hydrogen (secondary N) is 1. The molecule has 0 saturated carbocycles. The van der Waals surface area contributed by atoms with Crippen LogP contribution in [0.4, 0.5) is 5.69 Å². The number of carbonyl (C=O) groups excluding carboxylic acids is 1. The molecular weight excluding hydrogens is 327 g/mol. The third-order valence-electron chi connectivity index (χ3n) is 3.11. The molecule has 0 aliphatic rings. The number of aromatic nitrogens is 1. The Kier molecular flexibility index (Phi) is 4.68.